The molecule has 1 aliphatic rings. The minimum Gasteiger partial charge on any atom is -0.381 e. The molecule has 1 saturated heterocycles. The highest BCUT2D eigenvalue weighted by molar-refractivity contribution is 7.99. The van der Waals surface area contributed by atoms with Gasteiger partial charge in [0.2, 0.25) is 0 Å². The van der Waals surface area contributed by atoms with Gasteiger partial charge in [-0.2, -0.15) is 0 Å². The molecule has 13 heteroatoms. The molecule has 5 aromatic rings. The van der Waals surface area contributed by atoms with E-state index in [9.17, 15) is 21.6 Å². The van der Waals surface area contributed by atoms with Gasteiger partial charge in [0.05, 0.1) is 9.79 Å². The van der Waals surface area contributed by atoms with Crippen molar-refractivity contribution in [3.63, 3.8) is 0 Å². The molecular formula is C44H51N5O5S3. The standard InChI is InChI=1S/C44H51N5O5S3/c1-33-30-41(22-23-43(33)45-37(24-25-47(2)3)32-55-39-11-6-5-7-12-39)57(53,54)46-44(50)35-14-18-38(19-15-35)49-28-26-48(27-29-49)31-36-10-8-9-13-42(36)34-16-20-40(21-17-34)56(4,51)52/h5-23,30,37,45H,24-29,31-32H2,1-4H3,(H,46,50)/t37-/m1/s1. The Morgan fingerprint density at radius 2 is 1.44 bits per heavy atom. The van der Waals surface area contributed by atoms with Gasteiger partial charge in [-0.25, -0.2) is 21.6 Å². The quantitative estimate of drug-likeness (QED) is 0.101. The maximum Gasteiger partial charge on any atom is 0.264 e. The summed E-state index contributed by atoms with van der Waals surface area (Å²) in [5, 5.41) is 3.63. The van der Waals surface area contributed by atoms with Crippen molar-refractivity contribution in [3.8, 4) is 11.1 Å². The molecular weight excluding hydrogens is 775 g/mol. The third-order valence-corrected chi connectivity index (χ3v) is 13.7. The van der Waals surface area contributed by atoms with Crippen LogP contribution in [0, 0.1) is 6.92 Å². The largest absolute Gasteiger partial charge is 0.381 e. The van der Waals surface area contributed by atoms with Crippen molar-refractivity contribution in [1.29, 1.82) is 0 Å². The van der Waals surface area contributed by atoms with Crippen molar-refractivity contribution in [2.24, 2.45) is 0 Å². The van der Waals surface area contributed by atoms with E-state index in [0.29, 0.717) is 4.90 Å². The average Bonchev–Trinajstić information content (AvgIpc) is 3.20. The van der Waals surface area contributed by atoms with Crippen molar-refractivity contribution in [1.82, 2.24) is 14.5 Å². The van der Waals surface area contributed by atoms with E-state index >= 15 is 0 Å². The topological polar surface area (TPSA) is 119 Å². The van der Waals surface area contributed by atoms with Gasteiger partial charge in [-0.05, 0) is 123 Å². The van der Waals surface area contributed by atoms with Gasteiger partial charge in [0.15, 0.2) is 9.84 Å². The Morgan fingerprint density at radius 3 is 2.09 bits per heavy atom. The van der Waals surface area contributed by atoms with Crippen molar-refractivity contribution < 1.29 is 21.6 Å². The zero-order valence-electron chi connectivity index (χ0n) is 32.9. The van der Waals surface area contributed by atoms with Crippen LogP contribution < -0.4 is 14.9 Å². The first-order valence-electron chi connectivity index (χ1n) is 19.0. The van der Waals surface area contributed by atoms with E-state index in [1.54, 1.807) is 48.2 Å². The molecule has 6 rings (SSSR count). The Hall–Kier alpha value is -4.66. The van der Waals surface area contributed by atoms with E-state index in [1.807, 2.05) is 61.5 Å². The Balaban J connectivity index is 1.02. The molecule has 57 heavy (non-hydrogen) atoms. The van der Waals surface area contributed by atoms with Gasteiger partial charge >= 0.3 is 0 Å². The first-order valence-corrected chi connectivity index (χ1v) is 23.3. The number of nitrogens with one attached hydrogen (secondary N) is 2. The number of thioether (sulfide) groups is 1. The summed E-state index contributed by atoms with van der Waals surface area (Å²) in [6.07, 6.45) is 2.13. The first-order chi connectivity index (χ1) is 27.2. The zero-order valence-corrected chi connectivity index (χ0v) is 35.3. The third kappa shape index (κ3) is 11.5. The molecule has 1 atom stereocenters. The fourth-order valence-corrected chi connectivity index (χ4v) is 9.48. The number of rotatable bonds is 16. The Labute approximate surface area is 342 Å². The molecule has 0 spiro atoms. The summed E-state index contributed by atoms with van der Waals surface area (Å²) < 4.78 is 52.9. The van der Waals surface area contributed by atoms with Gasteiger partial charge in [0.1, 0.15) is 0 Å². The van der Waals surface area contributed by atoms with Crippen LogP contribution in [-0.4, -0.2) is 97.4 Å². The number of carbonyl (C=O) groups is 1. The van der Waals surface area contributed by atoms with Gasteiger partial charge in [-0.1, -0.05) is 54.6 Å². The minimum atomic E-state index is -4.11. The van der Waals surface area contributed by atoms with Crippen molar-refractivity contribution in [3.05, 3.63) is 138 Å². The molecule has 0 saturated carbocycles. The first kappa shape index (κ1) is 42.0. The predicted molar refractivity (Wildman–Crippen MR) is 232 cm³/mol. The molecule has 0 bridgehead atoms. The molecule has 0 aromatic heterocycles. The van der Waals surface area contributed by atoms with E-state index in [0.717, 1.165) is 79.5 Å². The van der Waals surface area contributed by atoms with E-state index in [1.165, 1.54) is 22.8 Å². The number of amides is 1. The predicted octanol–water partition coefficient (Wildman–Crippen LogP) is 7.03. The Morgan fingerprint density at radius 1 is 0.789 bits per heavy atom. The maximum absolute atomic E-state index is 13.4. The molecule has 1 heterocycles. The lowest BCUT2D eigenvalue weighted by molar-refractivity contribution is 0.0981. The molecule has 300 valence electrons. The highest BCUT2D eigenvalue weighted by Gasteiger charge is 2.22. The number of benzene rings is 5. The zero-order chi connectivity index (χ0) is 40.6. The molecule has 0 radical (unpaired) electrons. The minimum absolute atomic E-state index is 0.0318. The normalized spacial score (nSPS) is 14.4. The number of hydrogen-bond donors (Lipinski definition) is 2. The van der Waals surface area contributed by atoms with Crippen LogP contribution >= 0.6 is 11.8 Å². The molecule has 1 fully saturated rings. The van der Waals surface area contributed by atoms with Gasteiger partial charge in [-0.15, -0.1) is 11.8 Å². The van der Waals surface area contributed by atoms with E-state index in [-0.39, 0.29) is 16.5 Å². The second-order valence-electron chi connectivity index (χ2n) is 14.7. The highest BCUT2D eigenvalue weighted by Crippen LogP contribution is 2.28. The van der Waals surface area contributed by atoms with E-state index < -0.39 is 25.8 Å². The monoisotopic (exact) mass is 825 g/mol. The fraction of sp³-hybridized carbons (Fsp3) is 0.295. The van der Waals surface area contributed by atoms with Crippen molar-refractivity contribution in [2.45, 2.75) is 40.6 Å². The molecule has 10 nitrogen and oxygen atoms in total. The van der Waals surface area contributed by atoms with Gasteiger partial charge in [0, 0.05) is 72.6 Å². The maximum atomic E-state index is 13.4. The number of piperazine rings is 1. The van der Waals surface area contributed by atoms with Gasteiger partial charge < -0.3 is 15.1 Å². The highest BCUT2D eigenvalue weighted by atomic mass is 32.2. The number of anilines is 2. The molecule has 1 aliphatic heterocycles. The smallest absolute Gasteiger partial charge is 0.264 e. The van der Waals surface area contributed by atoms with Gasteiger partial charge in [0.25, 0.3) is 15.9 Å². The summed E-state index contributed by atoms with van der Waals surface area (Å²) in [5.74, 6) is 0.170. The van der Waals surface area contributed by atoms with Crippen molar-refractivity contribution in [2.75, 3.05) is 69.0 Å². The lowest BCUT2D eigenvalue weighted by atomic mass is 9.99. The Bertz CT molecular complexity index is 2350. The number of sulfone groups is 1. The van der Waals surface area contributed by atoms with E-state index in [4.69, 9.17) is 0 Å². The van der Waals surface area contributed by atoms with Crippen LogP contribution in [0.25, 0.3) is 11.1 Å². The molecule has 2 N–H and O–H groups in total. The number of sulfonamides is 1. The van der Waals surface area contributed by atoms with Crippen LogP contribution in [0.3, 0.4) is 0 Å². The molecule has 0 unspecified atom stereocenters. The third-order valence-electron chi connectivity index (χ3n) is 10.1. The molecule has 1 amide bonds. The Kier molecular flexibility index (Phi) is 13.8. The average molecular weight is 826 g/mol. The summed E-state index contributed by atoms with van der Waals surface area (Å²) in [6, 6.07) is 37.6. The number of aryl methyl sites for hydroxylation is 1. The number of nitrogens with zero attached hydrogens (tertiary/aromatic N) is 3. The second kappa shape index (κ2) is 18.7. The van der Waals surface area contributed by atoms with Crippen LogP contribution in [0.1, 0.15) is 27.9 Å². The fourth-order valence-electron chi connectivity index (χ4n) is 6.80. The van der Waals surface area contributed by atoms with Crippen LogP contribution in [0.2, 0.25) is 0 Å². The lowest BCUT2D eigenvalue weighted by Crippen LogP contribution is -2.46. The van der Waals surface area contributed by atoms with Crippen molar-refractivity contribution >= 4 is 48.9 Å². The van der Waals surface area contributed by atoms with E-state index in [2.05, 4.69) is 63.1 Å². The summed E-state index contributed by atoms with van der Waals surface area (Å²) >= 11 is 1.79. The summed E-state index contributed by atoms with van der Waals surface area (Å²) in [5.41, 5.74) is 6.08. The summed E-state index contributed by atoms with van der Waals surface area (Å²) in [7, 11) is -3.27. The lowest BCUT2D eigenvalue weighted by Gasteiger charge is -2.36. The van der Waals surface area contributed by atoms with Crippen LogP contribution in [0.4, 0.5) is 11.4 Å². The van der Waals surface area contributed by atoms with Crippen LogP contribution in [0.15, 0.2) is 136 Å². The summed E-state index contributed by atoms with van der Waals surface area (Å²) in [4.78, 5) is 21.5. The van der Waals surface area contributed by atoms with Gasteiger partial charge in [-0.3, -0.25) is 9.69 Å². The van der Waals surface area contributed by atoms with Crippen LogP contribution in [-0.2, 0) is 26.4 Å². The molecule has 5 aromatic carbocycles. The van der Waals surface area contributed by atoms with Crippen LogP contribution in [0.5, 0.6) is 0 Å². The second-order valence-corrected chi connectivity index (χ2v) is 19.5. The molecule has 0 aliphatic carbocycles. The summed E-state index contributed by atoms with van der Waals surface area (Å²) in [6.45, 7) is 6.79. The SMILES string of the molecule is Cc1cc(S(=O)(=O)NC(=O)c2ccc(N3CCN(Cc4ccccc4-c4ccc(S(C)(=O)=O)cc4)CC3)cc2)ccc1N[C@H](CCN(C)C)CSc1ccccc1. The number of carbonyl (C=O) groups excluding carboxylic acids is 1. The number of hydrogen-bond acceptors (Lipinski definition) is 10.